The Kier molecular flexibility index (Phi) is 7.54. The summed E-state index contributed by atoms with van der Waals surface area (Å²) >= 11 is 0. The zero-order chi connectivity index (χ0) is 21.3. The second kappa shape index (κ2) is 10.5. The van der Waals surface area contributed by atoms with Crippen LogP contribution < -0.4 is 19.5 Å². The first kappa shape index (κ1) is 21.5. The Morgan fingerprint density at radius 1 is 0.933 bits per heavy atom. The van der Waals surface area contributed by atoms with Gasteiger partial charge >= 0.3 is 5.97 Å². The van der Waals surface area contributed by atoms with E-state index in [2.05, 4.69) is 5.32 Å². The maximum Gasteiger partial charge on any atom is 0.344 e. The number of methoxy groups -OCH3 is 2. The minimum Gasteiger partial charge on any atom is -0.493 e. The molecule has 1 amide bonds. The Morgan fingerprint density at radius 3 is 2.53 bits per heavy atom. The lowest BCUT2D eigenvalue weighted by Crippen LogP contribution is -2.31. The Hall–Kier alpha value is -3.22. The van der Waals surface area contributed by atoms with Crippen molar-refractivity contribution in [1.29, 1.82) is 0 Å². The Labute approximate surface area is 176 Å². The van der Waals surface area contributed by atoms with Gasteiger partial charge in [0, 0.05) is 6.54 Å². The zero-order valence-electron chi connectivity index (χ0n) is 17.4. The van der Waals surface area contributed by atoms with Crippen molar-refractivity contribution in [3.05, 3.63) is 53.1 Å². The second-order valence-corrected chi connectivity index (χ2v) is 7.02. The van der Waals surface area contributed by atoms with Gasteiger partial charge in [-0.2, -0.15) is 0 Å². The molecule has 0 saturated heterocycles. The van der Waals surface area contributed by atoms with E-state index in [1.807, 2.05) is 36.4 Å². The average Bonchev–Trinajstić information content (AvgIpc) is 3.24. The number of fused-ring (bicyclic) bond motifs is 1. The molecule has 0 heterocycles. The molecule has 30 heavy (non-hydrogen) atoms. The highest BCUT2D eigenvalue weighted by molar-refractivity contribution is 5.80. The van der Waals surface area contributed by atoms with E-state index in [4.69, 9.17) is 18.9 Å². The highest BCUT2D eigenvalue weighted by atomic mass is 16.6. The van der Waals surface area contributed by atoms with Crippen LogP contribution in [-0.4, -0.2) is 45.9 Å². The summed E-state index contributed by atoms with van der Waals surface area (Å²) in [4.78, 5) is 23.7. The van der Waals surface area contributed by atoms with Crippen molar-refractivity contribution in [2.75, 3.05) is 34.0 Å². The van der Waals surface area contributed by atoms with E-state index in [0.29, 0.717) is 30.2 Å². The van der Waals surface area contributed by atoms with Crippen LogP contribution in [0.15, 0.2) is 36.4 Å². The fourth-order valence-corrected chi connectivity index (χ4v) is 3.40. The molecule has 2 aromatic carbocycles. The molecule has 0 aromatic heterocycles. The van der Waals surface area contributed by atoms with Gasteiger partial charge in [-0.15, -0.1) is 0 Å². The normalized spacial score (nSPS) is 12.1. The monoisotopic (exact) mass is 413 g/mol. The van der Waals surface area contributed by atoms with Crippen LogP contribution in [0.25, 0.3) is 0 Å². The lowest BCUT2D eigenvalue weighted by molar-refractivity contribution is -0.150. The molecule has 0 aliphatic heterocycles. The molecule has 0 unspecified atom stereocenters. The van der Waals surface area contributed by atoms with E-state index in [1.54, 1.807) is 14.2 Å². The minimum atomic E-state index is -0.578. The summed E-state index contributed by atoms with van der Waals surface area (Å²) in [5.74, 6) is 0.997. The van der Waals surface area contributed by atoms with E-state index in [1.165, 1.54) is 11.1 Å². The minimum absolute atomic E-state index is 0.224. The molecule has 2 aromatic rings. The largest absolute Gasteiger partial charge is 0.493 e. The molecule has 160 valence electrons. The van der Waals surface area contributed by atoms with Crippen LogP contribution in [0, 0.1) is 0 Å². The number of amides is 1. The lowest BCUT2D eigenvalue weighted by Gasteiger charge is -2.10. The number of ether oxygens (including phenoxy) is 4. The van der Waals surface area contributed by atoms with Gasteiger partial charge in [-0.25, -0.2) is 4.79 Å². The molecular formula is C23H27NO6. The van der Waals surface area contributed by atoms with Crippen LogP contribution in [0.5, 0.6) is 17.2 Å². The molecule has 0 spiro atoms. The third kappa shape index (κ3) is 5.89. The molecule has 0 atom stereocenters. The first-order valence-electron chi connectivity index (χ1n) is 9.97. The molecule has 7 heteroatoms. The molecule has 3 rings (SSSR count). The van der Waals surface area contributed by atoms with Gasteiger partial charge in [0.25, 0.3) is 5.91 Å². The van der Waals surface area contributed by atoms with Crippen LogP contribution in [0.2, 0.25) is 0 Å². The van der Waals surface area contributed by atoms with Gasteiger partial charge in [0.05, 0.1) is 14.2 Å². The van der Waals surface area contributed by atoms with Crippen molar-refractivity contribution >= 4 is 11.9 Å². The summed E-state index contributed by atoms with van der Waals surface area (Å²) in [5.41, 5.74) is 3.61. The van der Waals surface area contributed by atoms with Crippen LogP contribution in [0.1, 0.15) is 23.1 Å². The molecule has 0 bridgehead atoms. The number of hydrogen-bond donors (Lipinski definition) is 1. The van der Waals surface area contributed by atoms with Crippen LogP contribution >= 0.6 is 0 Å². The predicted molar refractivity (Wildman–Crippen MR) is 111 cm³/mol. The van der Waals surface area contributed by atoms with Gasteiger partial charge in [-0.1, -0.05) is 12.1 Å². The number of nitrogens with one attached hydrogen (secondary N) is 1. The van der Waals surface area contributed by atoms with E-state index in [-0.39, 0.29) is 19.1 Å². The van der Waals surface area contributed by atoms with E-state index >= 15 is 0 Å². The van der Waals surface area contributed by atoms with Gasteiger partial charge in [-0.3, -0.25) is 4.79 Å². The maximum atomic E-state index is 11.9. The molecule has 1 N–H and O–H groups in total. The zero-order valence-corrected chi connectivity index (χ0v) is 17.4. The topological polar surface area (TPSA) is 83.1 Å². The molecule has 1 aliphatic carbocycles. The first-order valence-corrected chi connectivity index (χ1v) is 9.97. The third-order valence-electron chi connectivity index (χ3n) is 4.97. The lowest BCUT2D eigenvalue weighted by atomic mass is 10.1. The molecular weight excluding hydrogens is 386 g/mol. The van der Waals surface area contributed by atoms with Crippen molar-refractivity contribution < 1.29 is 28.5 Å². The smallest absolute Gasteiger partial charge is 0.344 e. The molecule has 7 nitrogen and oxygen atoms in total. The van der Waals surface area contributed by atoms with Gasteiger partial charge in [0.2, 0.25) is 0 Å². The quantitative estimate of drug-likeness (QED) is 0.603. The van der Waals surface area contributed by atoms with Crippen LogP contribution in [-0.2, 0) is 33.6 Å². The van der Waals surface area contributed by atoms with Crippen LogP contribution in [0.4, 0.5) is 0 Å². The van der Waals surface area contributed by atoms with Crippen molar-refractivity contribution in [2.24, 2.45) is 0 Å². The highest BCUT2D eigenvalue weighted by Gasteiger charge is 2.13. The molecule has 0 saturated carbocycles. The molecule has 0 fully saturated rings. The van der Waals surface area contributed by atoms with Gasteiger partial charge in [0.1, 0.15) is 5.75 Å². The summed E-state index contributed by atoms with van der Waals surface area (Å²) < 4.78 is 20.9. The van der Waals surface area contributed by atoms with Gasteiger partial charge in [-0.05, 0) is 66.6 Å². The van der Waals surface area contributed by atoms with E-state index in [9.17, 15) is 9.59 Å². The summed E-state index contributed by atoms with van der Waals surface area (Å²) in [5, 5.41) is 2.73. The van der Waals surface area contributed by atoms with E-state index in [0.717, 1.165) is 24.8 Å². The Morgan fingerprint density at radius 2 is 1.73 bits per heavy atom. The van der Waals surface area contributed by atoms with Crippen molar-refractivity contribution in [1.82, 2.24) is 5.32 Å². The summed E-state index contributed by atoms with van der Waals surface area (Å²) in [7, 11) is 3.15. The van der Waals surface area contributed by atoms with Crippen molar-refractivity contribution in [3.63, 3.8) is 0 Å². The number of rotatable bonds is 10. The SMILES string of the molecule is COc1ccc(CCNC(=O)COC(=O)COc2ccc3c(c2)CCC3)cc1OC. The van der Waals surface area contributed by atoms with Gasteiger partial charge < -0.3 is 24.3 Å². The average molecular weight is 413 g/mol. The third-order valence-corrected chi connectivity index (χ3v) is 4.97. The summed E-state index contributed by atoms with van der Waals surface area (Å²) in [6, 6.07) is 11.5. The van der Waals surface area contributed by atoms with Gasteiger partial charge in [0.15, 0.2) is 24.7 Å². The fraction of sp³-hybridized carbons (Fsp3) is 0.391. The molecule has 0 radical (unpaired) electrons. The van der Waals surface area contributed by atoms with E-state index < -0.39 is 5.97 Å². The predicted octanol–water partition coefficient (Wildman–Crippen LogP) is 2.47. The number of carbonyl (C=O) groups is 2. The number of carbonyl (C=O) groups excluding carboxylic acids is 2. The maximum absolute atomic E-state index is 11.9. The highest BCUT2D eigenvalue weighted by Crippen LogP contribution is 2.27. The Bertz CT molecular complexity index is 895. The standard InChI is InChI=1S/C23H27NO6/c1-27-20-9-6-16(12-21(20)28-2)10-11-24-22(25)14-30-23(26)15-29-19-8-7-17-4-3-5-18(17)13-19/h6-9,12-13H,3-5,10-11,14-15H2,1-2H3,(H,24,25). The van der Waals surface area contributed by atoms with Crippen molar-refractivity contribution in [2.45, 2.75) is 25.7 Å². The molecule has 1 aliphatic rings. The van der Waals surface area contributed by atoms with Crippen LogP contribution in [0.3, 0.4) is 0 Å². The number of hydrogen-bond acceptors (Lipinski definition) is 6. The van der Waals surface area contributed by atoms with Crippen molar-refractivity contribution in [3.8, 4) is 17.2 Å². The fourth-order valence-electron chi connectivity index (χ4n) is 3.40. The first-order chi connectivity index (χ1) is 14.6. The Balaban J connectivity index is 1.34. The summed E-state index contributed by atoms with van der Waals surface area (Å²) in [6.07, 6.45) is 3.91. The second-order valence-electron chi connectivity index (χ2n) is 7.02. The number of benzene rings is 2. The number of aryl methyl sites for hydroxylation is 2. The summed E-state index contributed by atoms with van der Waals surface area (Å²) in [6.45, 7) is -0.145. The number of esters is 1.